The fourth-order valence-electron chi connectivity index (χ4n) is 2.28. The number of ether oxygens (including phenoxy) is 5. The Morgan fingerprint density at radius 1 is 0.833 bits per heavy atom. The first kappa shape index (κ1) is 27.4. The molecule has 11 heteroatoms. The topological polar surface area (TPSA) is 121 Å². The van der Waals surface area contributed by atoms with E-state index in [-0.39, 0.29) is 39.5 Å². The van der Waals surface area contributed by atoms with Crippen molar-refractivity contribution in [2.75, 3.05) is 40.2 Å². The van der Waals surface area contributed by atoms with E-state index >= 15 is 0 Å². The molecule has 0 aliphatic heterocycles. The maximum atomic E-state index is 12.6. The zero-order valence-corrected chi connectivity index (χ0v) is 18.9. The molecule has 0 heterocycles. The molecule has 0 aromatic heterocycles. The summed E-state index contributed by atoms with van der Waals surface area (Å²) >= 11 is 0. The first-order valence-corrected chi connectivity index (χ1v) is 9.78. The Hall–Kier alpha value is -2.56. The van der Waals surface area contributed by atoms with Gasteiger partial charge in [0.25, 0.3) is 0 Å². The highest BCUT2D eigenvalue weighted by atomic mass is 16.6. The number of rotatable bonds is 10. The largest absolute Gasteiger partial charge is 0.464 e. The van der Waals surface area contributed by atoms with E-state index in [9.17, 15) is 19.2 Å². The van der Waals surface area contributed by atoms with Crippen molar-refractivity contribution < 1.29 is 42.9 Å². The van der Waals surface area contributed by atoms with Crippen molar-refractivity contribution in [2.24, 2.45) is 0 Å². The second kappa shape index (κ2) is 13.6. The van der Waals surface area contributed by atoms with Gasteiger partial charge in [0.15, 0.2) is 0 Å². The van der Waals surface area contributed by atoms with E-state index in [4.69, 9.17) is 23.7 Å². The van der Waals surface area contributed by atoms with E-state index < -0.39 is 35.9 Å². The van der Waals surface area contributed by atoms with Crippen LogP contribution in [0.4, 0.5) is 14.4 Å². The molecule has 1 atom stereocenters. The smallest absolute Gasteiger partial charge is 0.419 e. The number of nitrogens with zero attached hydrogens (tertiary/aromatic N) is 2. The number of carbonyl (C=O) groups excluding carboxylic acids is 4. The van der Waals surface area contributed by atoms with Gasteiger partial charge in [0.05, 0.1) is 19.8 Å². The van der Waals surface area contributed by atoms with Crippen LogP contribution < -0.4 is 0 Å². The van der Waals surface area contributed by atoms with Crippen LogP contribution in [-0.2, 0) is 28.5 Å². The number of carbonyl (C=O) groups is 4. The number of amides is 3. The fraction of sp³-hybridized carbons (Fsp3) is 0.789. The lowest BCUT2D eigenvalue weighted by Crippen LogP contribution is -2.50. The van der Waals surface area contributed by atoms with Gasteiger partial charge in [-0.05, 0) is 48.0 Å². The number of esters is 1. The highest BCUT2D eigenvalue weighted by molar-refractivity contribution is 5.88. The third kappa shape index (κ3) is 9.77. The predicted octanol–water partition coefficient (Wildman–Crippen LogP) is 2.76. The standard InChI is InChI=1S/C19H34N2O9/c1-8-27-15(22)14(21(13-26-7)18(25)30-19(4,5)6)11-12-20(16(23)28-9-2)17(24)29-10-3/h14H,8-13H2,1-7H3/t14-/m0/s1. The molecule has 0 aromatic rings. The Morgan fingerprint density at radius 3 is 1.73 bits per heavy atom. The molecule has 0 spiro atoms. The molecule has 0 rings (SSSR count). The monoisotopic (exact) mass is 434 g/mol. The van der Waals surface area contributed by atoms with E-state index in [2.05, 4.69) is 0 Å². The van der Waals surface area contributed by atoms with Gasteiger partial charge in [-0.3, -0.25) is 4.90 Å². The highest BCUT2D eigenvalue weighted by Crippen LogP contribution is 2.16. The van der Waals surface area contributed by atoms with Crippen LogP contribution in [0.15, 0.2) is 0 Å². The lowest BCUT2D eigenvalue weighted by molar-refractivity contribution is -0.151. The van der Waals surface area contributed by atoms with Gasteiger partial charge < -0.3 is 23.7 Å². The predicted molar refractivity (Wildman–Crippen MR) is 106 cm³/mol. The summed E-state index contributed by atoms with van der Waals surface area (Å²) in [6.07, 6.45) is -2.79. The first-order valence-electron chi connectivity index (χ1n) is 9.78. The fourth-order valence-corrected chi connectivity index (χ4v) is 2.28. The van der Waals surface area contributed by atoms with Gasteiger partial charge in [0.1, 0.15) is 18.4 Å². The molecule has 11 nitrogen and oxygen atoms in total. The molecule has 0 aliphatic rings. The minimum Gasteiger partial charge on any atom is -0.464 e. The molecule has 30 heavy (non-hydrogen) atoms. The summed E-state index contributed by atoms with van der Waals surface area (Å²) in [5.74, 6) is -0.729. The van der Waals surface area contributed by atoms with E-state index in [1.165, 1.54) is 7.11 Å². The van der Waals surface area contributed by atoms with Gasteiger partial charge in [0.2, 0.25) is 0 Å². The Labute approximate surface area is 177 Å². The van der Waals surface area contributed by atoms with E-state index in [0.29, 0.717) is 0 Å². The molecule has 0 radical (unpaired) electrons. The van der Waals surface area contributed by atoms with Crippen LogP contribution in [0.1, 0.15) is 48.0 Å². The van der Waals surface area contributed by atoms with Crippen LogP contribution in [0.25, 0.3) is 0 Å². The molecule has 174 valence electrons. The van der Waals surface area contributed by atoms with Crippen LogP contribution in [0.2, 0.25) is 0 Å². The second-order valence-electron chi connectivity index (χ2n) is 6.97. The summed E-state index contributed by atoms with van der Waals surface area (Å²) in [5.41, 5.74) is -0.815. The van der Waals surface area contributed by atoms with E-state index in [0.717, 1.165) is 9.80 Å². The molecule has 0 aromatic carbocycles. The van der Waals surface area contributed by atoms with Crippen LogP contribution >= 0.6 is 0 Å². The average molecular weight is 434 g/mol. The number of imide groups is 1. The van der Waals surface area contributed by atoms with Crippen molar-refractivity contribution in [1.82, 2.24) is 9.80 Å². The number of hydrogen-bond donors (Lipinski definition) is 0. The van der Waals surface area contributed by atoms with Crippen molar-refractivity contribution in [2.45, 2.75) is 59.6 Å². The lowest BCUT2D eigenvalue weighted by Gasteiger charge is -2.32. The molecule has 0 unspecified atom stereocenters. The quantitative estimate of drug-likeness (QED) is 0.290. The van der Waals surface area contributed by atoms with E-state index in [1.54, 1.807) is 41.5 Å². The van der Waals surface area contributed by atoms with Gasteiger partial charge in [-0.15, -0.1) is 0 Å². The van der Waals surface area contributed by atoms with Gasteiger partial charge in [0, 0.05) is 13.7 Å². The molecular weight excluding hydrogens is 400 g/mol. The molecule has 0 fully saturated rings. The zero-order valence-electron chi connectivity index (χ0n) is 18.9. The van der Waals surface area contributed by atoms with Crippen molar-refractivity contribution in [3.63, 3.8) is 0 Å². The Balaban J connectivity index is 5.69. The van der Waals surface area contributed by atoms with Gasteiger partial charge in [-0.25, -0.2) is 24.1 Å². The van der Waals surface area contributed by atoms with Gasteiger partial charge in [-0.1, -0.05) is 0 Å². The Morgan fingerprint density at radius 2 is 1.33 bits per heavy atom. The third-order valence-electron chi connectivity index (χ3n) is 3.43. The molecular formula is C19H34N2O9. The summed E-state index contributed by atoms with van der Waals surface area (Å²) in [7, 11) is 1.35. The Bertz CT molecular complexity index is 557. The summed E-state index contributed by atoms with van der Waals surface area (Å²) in [4.78, 5) is 51.2. The van der Waals surface area contributed by atoms with Crippen molar-refractivity contribution in [3.8, 4) is 0 Å². The van der Waals surface area contributed by atoms with Crippen molar-refractivity contribution in [1.29, 1.82) is 0 Å². The third-order valence-corrected chi connectivity index (χ3v) is 3.43. The van der Waals surface area contributed by atoms with Gasteiger partial charge >= 0.3 is 24.2 Å². The molecule has 0 saturated carbocycles. The summed E-state index contributed by atoms with van der Waals surface area (Å²) in [6.45, 7) is 9.47. The van der Waals surface area contributed by atoms with Crippen molar-refractivity contribution in [3.05, 3.63) is 0 Å². The first-order chi connectivity index (χ1) is 14.0. The second-order valence-corrected chi connectivity index (χ2v) is 6.97. The maximum absolute atomic E-state index is 12.6. The minimum atomic E-state index is -1.17. The van der Waals surface area contributed by atoms with Crippen molar-refractivity contribution >= 4 is 24.2 Å². The summed E-state index contributed by atoms with van der Waals surface area (Å²) in [6, 6.07) is -1.17. The molecule has 0 bridgehead atoms. The highest BCUT2D eigenvalue weighted by Gasteiger charge is 2.36. The van der Waals surface area contributed by atoms with Gasteiger partial charge in [-0.2, -0.15) is 0 Å². The molecule has 0 N–H and O–H groups in total. The lowest BCUT2D eigenvalue weighted by atomic mass is 10.1. The number of hydrogen-bond acceptors (Lipinski definition) is 9. The van der Waals surface area contributed by atoms with Crippen LogP contribution in [0, 0.1) is 0 Å². The molecule has 3 amide bonds. The summed E-state index contributed by atoms with van der Waals surface area (Å²) in [5, 5.41) is 0. The van der Waals surface area contributed by atoms with Crippen LogP contribution in [0.3, 0.4) is 0 Å². The summed E-state index contributed by atoms with van der Waals surface area (Å²) < 4.78 is 25.2. The molecule has 0 saturated heterocycles. The Kier molecular flexibility index (Phi) is 12.5. The molecule has 0 aliphatic carbocycles. The van der Waals surface area contributed by atoms with Crippen LogP contribution in [-0.4, -0.2) is 85.9 Å². The normalized spacial score (nSPS) is 11.8. The van der Waals surface area contributed by atoms with Crippen LogP contribution in [0.5, 0.6) is 0 Å². The number of methoxy groups -OCH3 is 1. The average Bonchev–Trinajstić information content (AvgIpc) is 2.62. The zero-order chi connectivity index (χ0) is 23.3. The maximum Gasteiger partial charge on any atom is 0.419 e. The van der Waals surface area contributed by atoms with E-state index in [1.807, 2.05) is 0 Å². The SMILES string of the molecule is CCOC(=O)[C@H](CCN(C(=O)OCC)C(=O)OCC)N(COC)C(=O)OC(C)(C)C. The minimum absolute atomic E-state index is 0.0454.